The van der Waals surface area contributed by atoms with Crippen LogP contribution >= 0.6 is 0 Å². The van der Waals surface area contributed by atoms with Crippen LogP contribution in [0, 0.1) is 10.1 Å². The molecule has 2 amide bonds. The third-order valence-corrected chi connectivity index (χ3v) is 3.40. The maximum absolute atomic E-state index is 12.1. The monoisotopic (exact) mass is 330 g/mol. The number of hydrogen-bond donors (Lipinski definition) is 0. The minimum Gasteiger partial charge on any atom is -0.458 e. The first kappa shape index (κ1) is 15.4. The number of nitro groups is 1. The second kappa shape index (κ2) is 5.95. The Morgan fingerprint density at radius 2 is 1.75 bits per heavy atom. The Kier molecular flexibility index (Phi) is 3.82. The minimum absolute atomic E-state index is 0.124. The van der Waals surface area contributed by atoms with Gasteiger partial charge in [-0.3, -0.25) is 24.6 Å². The summed E-state index contributed by atoms with van der Waals surface area (Å²) in [5, 5.41) is 10.5. The molecule has 0 N–H and O–H groups in total. The number of imide groups is 1. The number of benzene rings is 1. The van der Waals surface area contributed by atoms with Crippen LogP contribution in [0.3, 0.4) is 0 Å². The van der Waals surface area contributed by atoms with Crippen LogP contribution in [0.25, 0.3) is 0 Å². The standard InChI is InChI=1S/C15H10N2O7/c18-13-9-3-1-2-4-10(9)14(19)16(13)7-8-23-15(20)11-5-6-12(24-11)17(21)22/h1-6H,7-8H2. The Hall–Kier alpha value is -3.49. The summed E-state index contributed by atoms with van der Waals surface area (Å²) in [4.78, 5) is 46.6. The predicted octanol–water partition coefficient (Wildman–Crippen LogP) is 1.64. The first-order valence-electron chi connectivity index (χ1n) is 6.85. The lowest BCUT2D eigenvalue weighted by molar-refractivity contribution is -0.402. The molecule has 0 atom stereocenters. The molecule has 1 aromatic carbocycles. The number of ether oxygens (including phenoxy) is 1. The number of hydrogen-bond acceptors (Lipinski definition) is 7. The summed E-state index contributed by atoms with van der Waals surface area (Å²) in [5.74, 6) is -2.74. The quantitative estimate of drug-likeness (QED) is 0.353. The lowest BCUT2D eigenvalue weighted by Crippen LogP contribution is -2.33. The molecule has 0 fully saturated rings. The summed E-state index contributed by atoms with van der Waals surface area (Å²) < 4.78 is 9.58. The van der Waals surface area contributed by atoms with Crippen molar-refractivity contribution in [2.24, 2.45) is 0 Å². The van der Waals surface area contributed by atoms with E-state index in [1.165, 1.54) is 0 Å². The van der Waals surface area contributed by atoms with Crippen LogP contribution in [0.2, 0.25) is 0 Å². The number of carbonyl (C=O) groups excluding carboxylic acids is 3. The van der Waals surface area contributed by atoms with Crippen molar-refractivity contribution >= 4 is 23.7 Å². The highest BCUT2D eigenvalue weighted by atomic mass is 16.7. The van der Waals surface area contributed by atoms with Gasteiger partial charge in [-0.15, -0.1) is 0 Å². The molecule has 1 aliphatic rings. The van der Waals surface area contributed by atoms with Gasteiger partial charge in [0.25, 0.3) is 11.8 Å². The van der Waals surface area contributed by atoms with Crippen LogP contribution in [-0.4, -0.2) is 40.8 Å². The molecule has 0 bridgehead atoms. The van der Waals surface area contributed by atoms with Crippen molar-refractivity contribution in [1.82, 2.24) is 4.90 Å². The summed E-state index contributed by atoms with van der Waals surface area (Å²) in [6, 6.07) is 8.53. The third-order valence-electron chi connectivity index (χ3n) is 3.40. The SMILES string of the molecule is O=C(OCCN1C(=O)c2ccccc2C1=O)c1ccc([N+](=O)[O-])o1. The van der Waals surface area contributed by atoms with Gasteiger partial charge in [-0.25, -0.2) is 4.79 Å². The van der Waals surface area contributed by atoms with E-state index >= 15 is 0 Å². The zero-order valence-corrected chi connectivity index (χ0v) is 12.1. The molecule has 0 aliphatic carbocycles. The summed E-state index contributed by atoms with van der Waals surface area (Å²) >= 11 is 0. The van der Waals surface area contributed by atoms with Gasteiger partial charge in [-0.1, -0.05) is 12.1 Å². The number of rotatable bonds is 5. The fourth-order valence-electron chi connectivity index (χ4n) is 2.28. The fraction of sp³-hybridized carbons (Fsp3) is 0.133. The van der Waals surface area contributed by atoms with Crippen molar-refractivity contribution < 1.29 is 28.5 Å². The number of carbonyl (C=O) groups is 3. The summed E-state index contributed by atoms with van der Waals surface area (Å²) in [6.45, 7) is -0.375. The van der Waals surface area contributed by atoms with E-state index < -0.39 is 28.6 Å². The molecule has 1 aliphatic heterocycles. The van der Waals surface area contributed by atoms with Gasteiger partial charge in [-0.2, -0.15) is 0 Å². The molecule has 24 heavy (non-hydrogen) atoms. The molecule has 0 radical (unpaired) electrons. The second-order valence-electron chi connectivity index (χ2n) is 4.84. The predicted molar refractivity (Wildman–Crippen MR) is 77.5 cm³/mol. The Bertz CT molecular complexity index is 820. The summed E-state index contributed by atoms with van der Waals surface area (Å²) in [7, 11) is 0. The Morgan fingerprint density at radius 3 is 2.29 bits per heavy atom. The van der Waals surface area contributed by atoms with Gasteiger partial charge in [0, 0.05) is 0 Å². The molecular formula is C15H10N2O7. The maximum Gasteiger partial charge on any atom is 0.433 e. The molecule has 9 nitrogen and oxygen atoms in total. The molecule has 3 rings (SSSR count). The average molecular weight is 330 g/mol. The van der Waals surface area contributed by atoms with E-state index in [0.29, 0.717) is 11.1 Å². The lowest BCUT2D eigenvalue weighted by Gasteiger charge is -2.13. The van der Waals surface area contributed by atoms with Crippen molar-refractivity contribution in [1.29, 1.82) is 0 Å². The normalized spacial score (nSPS) is 13.1. The largest absolute Gasteiger partial charge is 0.458 e. The van der Waals surface area contributed by atoms with E-state index in [1.807, 2.05) is 0 Å². The van der Waals surface area contributed by atoms with E-state index in [-0.39, 0.29) is 18.9 Å². The summed E-state index contributed by atoms with van der Waals surface area (Å²) in [5.41, 5.74) is 0.603. The van der Waals surface area contributed by atoms with Crippen LogP contribution < -0.4 is 0 Å². The van der Waals surface area contributed by atoms with Crippen LogP contribution in [-0.2, 0) is 4.74 Å². The molecule has 2 aromatic rings. The maximum atomic E-state index is 12.1. The van der Waals surface area contributed by atoms with E-state index in [1.54, 1.807) is 24.3 Å². The van der Waals surface area contributed by atoms with Gasteiger partial charge in [-0.05, 0) is 18.2 Å². The Morgan fingerprint density at radius 1 is 1.12 bits per heavy atom. The highest BCUT2D eigenvalue weighted by Crippen LogP contribution is 2.22. The first-order valence-corrected chi connectivity index (χ1v) is 6.85. The first-order chi connectivity index (χ1) is 11.5. The van der Waals surface area contributed by atoms with E-state index in [4.69, 9.17) is 9.15 Å². The minimum atomic E-state index is -0.917. The van der Waals surface area contributed by atoms with Crippen molar-refractivity contribution in [2.75, 3.05) is 13.2 Å². The van der Waals surface area contributed by atoms with Gasteiger partial charge in [0.1, 0.15) is 11.5 Å². The van der Waals surface area contributed by atoms with Gasteiger partial charge in [0.2, 0.25) is 5.76 Å². The van der Waals surface area contributed by atoms with E-state index in [2.05, 4.69) is 0 Å². The number of fused-ring (bicyclic) bond motifs is 1. The number of nitrogens with zero attached hydrogens (tertiary/aromatic N) is 2. The molecular weight excluding hydrogens is 320 g/mol. The molecule has 1 aromatic heterocycles. The number of amides is 2. The molecule has 9 heteroatoms. The fourth-order valence-corrected chi connectivity index (χ4v) is 2.28. The number of esters is 1. The van der Waals surface area contributed by atoms with Crippen LogP contribution in [0.15, 0.2) is 40.8 Å². The lowest BCUT2D eigenvalue weighted by atomic mass is 10.1. The Balaban J connectivity index is 1.59. The van der Waals surface area contributed by atoms with Crippen molar-refractivity contribution in [3.8, 4) is 0 Å². The van der Waals surface area contributed by atoms with Gasteiger partial charge in [0.15, 0.2) is 0 Å². The van der Waals surface area contributed by atoms with Crippen LogP contribution in [0.5, 0.6) is 0 Å². The van der Waals surface area contributed by atoms with Crippen LogP contribution in [0.1, 0.15) is 31.3 Å². The average Bonchev–Trinajstić information content (AvgIpc) is 3.15. The highest BCUT2D eigenvalue weighted by molar-refractivity contribution is 6.21. The molecule has 0 spiro atoms. The Labute approximate surface area is 134 Å². The molecule has 0 saturated carbocycles. The highest BCUT2D eigenvalue weighted by Gasteiger charge is 2.34. The third kappa shape index (κ3) is 2.62. The number of furan rings is 1. The summed E-state index contributed by atoms with van der Waals surface area (Å²) in [6.07, 6.45) is 0. The zero-order valence-electron chi connectivity index (χ0n) is 12.1. The topological polar surface area (TPSA) is 120 Å². The second-order valence-corrected chi connectivity index (χ2v) is 4.84. The van der Waals surface area contributed by atoms with Crippen LogP contribution in [0.4, 0.5) is 5.88 Å². The zero-order chi connectivity index (χ0) is 17.3. The van der Waals surface area contributed by atoms with Gasteiger partial charge in [0.05, 0.1) is 23.7 Å². The van der Waals surface area contributed by atoms with E-state index in [0.717, 1.165) is 17.0 Å². The molecule has 2 heterocycles. The van der Waals surface area contributed by atoms with E-state index in [9.17, 15) is 24.5 Å². The van der Waals surface area contributed by atoms with Crippen molar-refractivity contribution in [3.63, 3.8) is 0 Å². The van der Waals surface area contributed by atoms with Gasteiger partial charge >= 0.3 is 11.9 Å². The molecule has 0 unspecified atom stereocenters. The molecule has 122 valence electrons. The van der Waals surface area contributed by atoms with Crippen molar-refractivity contribution in [2.45, 2.75) is 0 Å². The smallest absolute Gasteiger partial charge is 0.433 e. The van der Waals surface area contributed by atoms with Crippen molar-refractivity contribution in [3.05, 3.63) is 63.4 Å². The van der Waals surface area contributed by atoms with Gasteiger partial charge < -0.3 is 9.15 Å². The molecule has 0 saturated heterocycles.